The van der Waals surface area contributed by atoms with E-state index < -0.39 is 34.2 Å². The number of rotatable bonds is 5. The Bertz CT molecular complexity index is 1590. The highest BCUT2D eigenvalue weighted by molar-refractivity contribution is 7.90. The summed E-state index contributed by atoms with van der Waals surface area (Å²) < 4.78 is 67.2. The van der Waals surface area contributed by atoms with Gasteiger partial charge in [0.1, 0.15) is 16.3 Å². The monoisotopic (exact) mass is 525 g/mol. The van der Waals surface area contributed by atoms with Gasteiger partial charge in [-0.15, -0.1) is 0 Å². The van der Waals surface area contributed by atoms with Crippen LogP contribution in [0.2, 0.25) is 5.15 Å². The highest BCUT2D eigenvalue weighted by Crippen LogP contribution is 2.39. The molecule has 1 fully saturated rings. The van der Waals surface area contributed by atoms with Gasteiger partial charge in [0.05, 0.1) is 42.3 Å². The molecule has 5 rings (SSSR count). The standard InChI is InChI=1S/C19H15ClF3N9O2S/c1-29-8-12(5-26-29)14-4-16-25-7-15(20)32(16)17(28-14)13-6-27-31(9-13)18(2-3-24)10-30(11-18)35(33,34)19(21,22)23/h4-9H,2,10-11H2,1H3. The van der Waals surface area contributed by atoms with E-state index in [0.29, 0.717) is 22.7 Å². The third-order valence-corrected chi connectivity index (χ3v) is 7.55. The molecule has 1 aliphatic rings. The zero-order valence-electron chi connectivity index (χ0n) is 17.8. The molecular formula is C19H15ClF3N9O2S. The number of hydrogen-bond donors (Lipinski definition) is 0. The molecule has 0 aliphatic carbocycles. The average molecular weight is 526 g/mol. The van der Waals surface area contributed by atoms with Gasteiger partial charge in [-0.25, -0.2) is 18.4 Å². The summed E-state index contributed by atoms with van der Waals surface area (Å²) in [4.78, 5) is 8.95. The molecule has 0 atom stereocenters. The Balaban J connectivity index is 1.56. The number of nitrogens with zero attached hydrogens (tertiary/aromatic N) is 9. The van der Waals surface area contributed by atoms with Crippen molar-refractivity contribution in [2.24, 2.45) is 7.05 Å². The highest BCUT2D eigenvalue weighted by Gasteiger charge is 2.59. The van der Waals surface area contributed by atoms with Gasteiger partial charge in [0.15, 0.2) is 5.82 Å². The first-order chi connectivity index (χ1) is 16.4. The van der Waals surface area contributed by atoms with Crippen molar-refractivity contribution in [3.05, 3.63) is 42.2 Å². The largest absolute Gasteiger partial charge is 0.511 e. The van der Waals surface area contributed by atoms with E-state index in [0.717, 1.165) is 5.56 Å². The van der Waals surface area contributed by atoms with E-state index in [1.807, 2.05) is 6.07 Å². The number of hydrogen-bond acceptors (Lipinski definition) is 7. The molecule has 0 spiro atoms. The van der Waals surface area contributed by atoms with E-state index >= 15 is 0 Å². The van der Waals surface area contributed by atoms with Crippen LogP contribution in [0.3, 0.4) is 0 Å². The van der Waals surface area contributed by atoms with Crippen LogP contribution in [0.15, 0.2) is 37.1 Å². The lowest BCUT2D eigenvalue weighted by Crippen LogP contribution is -2.65. The smallest absolute Gasteiger partial charge is 0.275 e. The normalized spacial score (nSPS) is 16.3. The van der Waals surface area contributed by atoms with Crippen LogP contribution in [0.5, 0.6) is 0 Å². The van der Waals surface area contributed by atoms with Crippen molar-refractivity contribution in [3.8, 4) is 28.7 Å². The fraction of sp³-hybridized carbons (Fsp3) is 0.316. The van der Waals surface area contributed by atoms with E-state index in [4.69, 9.17) is 11.6 Å². The summed E-state index contributed by atoms with van der Waals surface area (Å²) in [6.45, 7) is -1.10. The molecule has 0 aromatic carbocycles. The van der Waals surface area contributed by atoms with E-state index in [9.17, 15) is 26.9 Å². The number of sulfonamides is 1. The first-order valence-electron chi connectivity index (χ1n) is 9.97. The molecule has 0 saturated carbocycles. The Morgan fingerprint density at radius 3 is 2.51 bits per heavy atom. The second kappa shape index (κ2) is 7.77. The van der Waals surface area contributed by atoms with E-state index in [1.54, 1.807) is 34.6 Å². The third kappa shape index (κ3) is 3.65. The SMILES string of the molecule is Cn1cc(-c2cc3ncc(Cl)n3c(-c3cnn(C4(CC#N)CN(S(=O)(=O)C(F)(F)F)C4)c3)n2)cn1. The third-order valence-electron chi connectivity index (χ3n) is 5.76. The molecule has 0 amide bonds. The Labute approximate surface area is 201 Å². The number of halogens is 4. The lowest BCUT2D eigenvalue weighted by molar-refractivity contribution is -0.0565. The minimum Gasteiger partial charge on any atom is -0.275 e. The van der Waals surface area contributed by atoms with Crippen molar-refractivity contribution in [3.63, 3.8) is 0 Å². The molecular weight excluding hydrogens is 511 g/mol. The van der Waals surface area contributed by atoms with Gasteiger partial charge in [-0.3, -0.25) is 13.8 Å². The fourth-order valence-electron chi connectivity index (χ4n) is 3.98. The van der Waals surface area contributed by atoms with Crippen molar-refractivity contribution < 1.29 is 21.6 Å². The molecule has 5 heterocycles. The Morgan fingerprint density at radius 1 is 1.17 bits per heavy atom. The summed E-state index contributed by atoms with van der Waals surface area (Å²) in [6.07, 6.45) is 7.52. The maximum Gasteiger partial charge on any atom is 0.511 e. The lowest BCUT2D eigenvalue weighted by atomic mass is 9.89. The van der Waals surface area contributed by atoms with Crippen LogP contribution in [-0.2, 0) is 22.6 Å². The maximum atomic E-state index is 13.0. The lowest BCUT2D eigenvalue weighted by Gasteiger charge is -2.47. The van der Waals surface area contributed by atoms with Crippen LogP contribution >= 0.6 is 11.6 Å². The van der Waals surface area contributed by atoms with Crippen molar-refractivity contribution in [1.82, 2.24) is 38.2 Å². The molecule has 0 N–H and O–H groups in total. The van der Waals surface area contributed by atoms with Crippen LogP contribution in [0.1, 0.15) is 6.42 Å². The molecule has 35 heavy (non-hydrogen) atoms. The van der Waals surface area contributed by atoms with E-state index in [-0.39, 0.29) is 15.9 Å². The van der Waals surface area contributed by atoms with Crippen molar-refractivity contribution in [2.75, 3.05) is 13.1 Å². The number of aromatic nitrogens is 7. The Hall–Kier alpha value is -3.48. The molecule has 16 heteroatoms. The second-order valence-corrected chi connectivity index (χ2v) is 10.4. The van der Waals surface area contributed by atoms with Gasteiger partial charge in [0, 0.05) is 44.2 Å². The minimum absolute atomic E-state index is 0.248. The number of alkyl halides is 3. The predicted octanol–water partition coefficient (Wildman–Crippen LogP) is 2.42. The van der Waals surface area contributed by atoms with Crippen molar-refractivity contribution in [2.45, 2.75) is 17.5 Å². The summed E-state index contributed by atoms with van der Waals surface area (Å²) in [6, 6.07) is 3.63. The highest BCUT2D eigenvalue weighted by atomic mass is 35.5. The minimum atomic E-state index is -5.51. The van der Waals surface area contributed by atoms with E-state index in [2.05, 4.69) is 20.2 Å². The van der Waals surface area contributed by atoms with Gasteiger partial charge in [0.2, 0.25) is 0 Å². The number of fused-ring (bicyclic) bond motifs is 1. The molecule has 1 saturated heterocycles. The summed E-state index contributed by atoms with van der Waals surface area (Å²) >= 11 is 6.32. The van der Waals surface area contributed by atoms with Crippen LogP contribution in [0.4, 0.5) is 13.2 Å². The van der Waals surface area contributed by atoms with Crippen molar-refractivity contribution in [1.29, 1.82) is 5.26 Å². The van der Waals surface area contributed by atoms with Gasteiger partial charge in [0.25, 0.3) is 0 Å². The summed E-state index contributed by atoms with van der Waals surface area (Å²) in [5.74, 6) is 0.348. The number of nitriles is 1. The summed E-state index contributed by atoms with van der Waals surface area (Å²) in [7, 11) is -3.75. The predicted molar refractivity (Wildman–Crippen MR) is 116 cm³/mol. The molecule has 0 unspecified atom stereocenters. The average Bonchev–Trinajstić information content (AvgIpc) is 3.49. The first kappa shape index (κ1) is 23.3. The van der Waals surface area contributed by atoms with Gasteiger partial charge in [-0.05, 0) is 0 Å². The quantitative estimate of drug-likeness (QED) is 0.391. The topological polar surface area (TPSA) is 127 Å². The van der Waals surface area contributed by atoms with Gasteiger partial charge < -0.3 is 0 Å². The Morgan fingerprint density at radius 2 is 1.89 bits per heavy atom. The molecule has 11 nitrogen and oxygen atoms in total. The maximum absolute atomic E-state index is 13.0. The summed E-state index contributed by atoms with van der Waals surface area (Å²) in [5, 5.41) is 17.9. The van der Waals surface area contributed by atoms with Gasteiger partial charge >= 0.3 is 15.5 Å². The molecule has 182 valence electrons. The number of imidazole rings is 1. The summed E-state index contributed by atoms with van der Waals surface area (Å²) in [5.41, 5.74) is -4.49. The van der Waals surface area contributed by atoms with Crippen LogP contribution in [0.25, 0.3) is 28.3 Å². The molecule has 0 bridgehead atoms. The van der Waals surface area contributed by atoms with Crippen LogP contribution in [-0.4, -0.2) is 65.3 Å². The molecule has 4 aromatic heterocycles. The first-order valence-corrected chi connectivity index (χ1v) is 11.8. The van der Waals surface area contributed by atoms with Crippen LogP contribution < -0.4 is 0 Å². The van der Waals surface area contributed by atoms with E-state index in [1.165, 1.54) is 23.3 Å². The van der Waals surface area contributed by atoms with Gasteiger partial charge in [-0.2, -0.15) is 32.9 Å². The molecule has 1 aliphatic heterocycles. The number of aryl methyl sites for hydroxylation is 1. The molecule has 0 radical (unpaired) electrons. The Kier molecular flexibility index (Phi) is 5.16. The second-order valence-electron chi connectivity index (χ2n) is 8.09. The zero-order chi connectivity index (χ0) is 25.2. The molecule has 4 aromatic rings. The van der Waals surface area contributed by atoms with Crippen LogP contribution in [0, 0.1) is 11.3 Å². The fourth-order valence-corrected chi connectivity index (χ4v) is 5.31. The zero-order valence-corrected chi connectivity index (χ0v) is 19.4. The van der Waals surface area contributed by atoms with Gasteiger partial charge in [-0.1, -0.05) is 11.6 Å². The van der Waals surface area contributed by atoms with Crippen molar-refractivity contribution >= 4 is 27.3 Å².